The highest BCUT2D eigenvalue weighted by Crippen LogP contribution is 2.22. The molecule has 138 valence electrons. The zero-order chi connectivity index (χ0) is 19.1. The highest BCUT2D eigenvalue weighted by atomic mass is 35.5. The van der Waals surface area contributed by atoms with E-state index in [1.165, 1.54) is 10.5 Å². The number of hydrogen-bond donors (Lipinski definition) is 2. The predicted octanol–water partition coefficient (Wildman–Crippen LogP) is 4.04. The first-order chi connectivity index (χ1) is 12.4. The van der Waals surface area contributed by atoms with Gasteiger partial charge in [-0.3, -0.25) is 9.59 Å². The molecular formula is C20H24ClN3O2. The van der Waals surface area contributed by atoms with Crippen molar-refractivity contribution in [3.63, 3.8) is 0 Å². The molecule has 0 bridgehead atoms. The van der Waals surface area contributed by atoms with Gasteiger partial charge < -0.3 is 15.5 Å². The van der Waals surface area contributed by atoms with Crippen molar-refractivity contribution in [2.24, 2.45) is 0 Å². The minimum atomic E-state index is -0.198. The van der Waals surface area contributed by atoms with Crippen LogP contribution in [0.2, 0.25) is 5.02 Å². The van der Waals surface area contributed by atoms with Crippen molar-refractivity contribution in [3.05, 3.63) is 58.6 Å². The van der Waals surface area contributed by atoms with Crippen LogP contribution in [-0.4, -0.2) is 37.4 Å². The fourth-order valence-electron chi connectivity index (χ4n) is 2.51. The minimum Gasteiger partial charge on any atom is -0.375 e. The molecule has 6 heteroatoms. The zero-order valence-electron chi connectivity index (χ0n) is 15.3. The summed E-state index contributed by atoms with van der Waals surface area (Å²) >= 11 is 6.02. The van der Waals surface area contributed by atoms with Crippen molar-refractivity contribution in [3.8, 4) is 0 Å². The Morgan fingerprint density at radius 2 is 1.77 bits per heavy atom. The van der Waals surface area contributed by atoms with Crippen molar-refractivity contribution in [2.45, 2.75) is 19.8 Å². The van der Waals surface area contributed by atoms with Crippen LogP contribution in [0.1, 0.15) is 29.3 Å². The van der Waals surface area contributed by atoms with Crippen molar-refractivity contribution in [2.75, 3.05) is 31.3 Å². The number of amides is 2. The summed E-state index contributed by atoms with van der Waals surface area (Å²) in [7, 11) is 3.35. The number of hydrogen-bond acceptors (Lipinski definition) is 3. The van der Waals surface area contributed by atoms with Crippen LogP contribution < -0.4 is 10.6 Å². The Labute approximate surface area is 159 Å². The molecule has 0 unspecified atom stereocenters. The maximum absolute atomic E-state index is 12.2. The summed E-state index contributed by atoms with van der Waals surface area (Å²) in [5.41, 5.74) is 2.99. The van der Waals surface area contributed by atoms with Crippen LogP contribution >= 0.6 is 11.6 Å². The molecule has 0 radical (unpaired) electrons. The normalized spacial score (nSPS) is 10.3. The summed E-state index contributed by atoms with van der Waals surface area (Å²) in [6.45, 7) is 2.16. The van der Waals surface area contributed by atoms with Crippen LogP contribution in [0.3, 0.4) is 0 Å². The van der Waals surface area contributed by atoms with Crippen molar-refractivity contribution < 1.29 is 9.59 Å². The molecule has 0 spiro atoms. The van der Waals surface area contributed by atoms with Crippen LogP contribution in [0, 0.1) is 0 Å². The number of benzene rings is 2. The summed E-state index contributed by atoms with van der Waals surface area (Å²) in [5, 5.41) is 6.33. The standard InChI is InChI=1S/C20H24ClN3O2/c1-4-5-14-6-9-16(10-7-14)23-19(25)13-22-18-12-15(21)8-11-17(18)20(26)24(2)3/h6-12,22H,4-5,13H2,1-3H3,(H,23,25). The second-order valence-electron chi connectivity index (χ2n) is 6.24. The van der Waals surface area contributed by atoms with E-state index in [0.717, 1.165) is 18.5 Å². The fraction of sp³-hybridized carbons (Fsp3) is 0.300. The van der Waals surface area contributed by atoms with E-state index in [9.17, 15) is 9.59 Å². The molecular weight excluding hydrogens is 350 g/mol. The highest BCUT2D eigenvalue weighted by Gasteiger charge is 2.14. The molecule has 2 aromatic carbocycles. The van der Waals surface area contributed by atoms with Gasteiger partial charge in [0.15, 0.2) is 0 Å². The van der Waals surface area contributed by atoms with Gasteiger partial charge in [0, 0.05) is 30.5 Å². The molecule has 0 atom stereocenters. The Hall–Kier alpha value is -2.53. The van der Waals surface area contributed by atoms with Crippen molar-refractivity contribution in [1.82, 2.24) is 4.90 Å². The summed E-state index contributed by atoms with van der Waals surface area (Å²) in [5.74, 6) is -0.354. The van der Waals surface area contributed by atoms with Gasteiger partial charge in [-0.1, -0.05) is 37.1 Å². The van der Waals surface area contributed by atoms with Gasteiger partial charge in [-0.2, -0.15) is 0 Å². The molecule has 0 aliphatic carbocycles. The Kier molecular flexibility index (Phi) is 7.04. The average Bonchev–Trinajstić information content (AvgIpc) is 2.61. The SMILES string of the molecule is CCCc1ccc(NC(=O)CNc2cc(Cl)ccc2C(=O)N(C)C)cc1. The predicted molar refractivity (Wildman–Crippen MR) is 107 cm³/mol. The number of carbonyl (C=O) groups is 2. The molecule has 0 aliphatic heterocycles. The third kappa shape index (κ3) is 5.49. The topological polar surface area (TPSA) is 61.4 Å². The first-order valence-corrected chi connectivity index (χ1v) is 8.92. The van der Waals surface area contributed by atoms with E-state index in [0.29, 0.717) is 16.3 Å². The smallest absolute Gasteiger partial charge is 0.255 e. The van der Waals surface area contributed by atoms with Crippen LogP contribution in [0.5, 0.6) is 0 Å². The zero-order valence-corrected chi connectivity index (χ0v) is 16.1. The Balaban J connectivity index is 2.00. The average molecular weight is 374 g/mol. The first kappa shape index (κ1) is 19.8. The first-order valence-electron chi connectivity index (χ1n) is 8.54. The summed E-state index contributed by atoms with van der Waals surface area (Å²) in [6, 6.07) is 12.8. The Morgan fingerprint density at radius 3 is 2.38 bits per heavy atom. The number of carbonyl (C=O) groups excluding carboxylic acids is 2. The summed E-state index contributed by atoms with van der Waals surface area (Å²) in [4.78, 5) is 25.9. The number of nitrogens with one attached hydrogen (secondary N) is 2. The van der Waals surface area contributed by atoms with E-state index in [1.807, 2.05) is 24.3 Å². The molecule has 0 fully saturated rings. The van der Waals surface area contributed by atoms with E-state index >= 15 is 0 Å². The third-order valence-electron chi connectivity index (χ3n) is 3.83. The van der Waals surface area contributed by atoms with E-state index in [-0.39, 0.29) is 18.4 Å². The number of halogens is 1. The van der Waals surface area contributed by atoms with Gasteiger partial charge in [0.25, 0.3) is 5.91 Å². The fourth-order valence-corrected chi connectivity index (χ4v) is 2.69. The van der Waals surface area contributed by atoms with Crippen LogP contribution in [0.25, 0.3) is 0 Å². The molecule has 2 rings (SSSR count). The molecule has 26 heavy (non-hydrogen) atoms. The molecule has 0 aromatic heterocycles. The highest BCUT2D eigenvalue weighted by molar-refractivity contribution is 6.31. The largest absolute Gasteiger partial charge is 0.375 e. The van der Waals surface area contributed by atoms with Crippen LogP contribution in [-0.2, 0) is 11.2 Å². The molecule has 2 N–H and O–H groups in total. The molecule has 5 nitrogen and oxygen atoms in total. The quantitative estimate of drug-likeness (QED) is 0.769. The molecule has 0 saturated carbocycles. The Bertz CT molecular complexity index is 773. The molecule has 0 aliphatic rings. The van der Waals surface area contributed by atoms with Crippen molar-refractivity contribution >= 4 is 34.8 Å². The van der Waals surface area contributed by atoms with Gasteiger partial charge in [-0.15, -0.1) is 0 Å². The molecule has 2 amide bonds. The van der Waals surface area contributed by atoms with E-state index < -0.39 is 0 Å². The lowest BCUT2D eigenvalue weighted by Gasteiger charge is -2.15. The molecule has 2 aromatic rings. The van der Waals surface area contributed by atoms with Crippen LogP contribution in [0.4, 0.5) is 11.4 Å². The van der Waals surface area contributed by atoms with E-state index in [1.54, 1.807) is 32.3 Å². The molecule has 0 saturated heterocycles. The Morgan fingerprint density at radius 1 is 1.08 bits per heavy atom. The second kappa shape index (κ2) is 9.25. The second-order valence-corrected chi connectivity index (χ2v) is 6.67. The number of nitrogens with zero attached hydrogens (tertiary/aromatic N) is 1. The third-order valence-corrected chi connectivity index (χ3v) is 4.07. The van der Waals surface area contributed by atoms with E-state index in [2.05, 4.69) is 17.6 Å². The maximum atomic E-state index is 12.2. The maximum Gasteiger partial charge on any atom is 0.255 e. The minimum absolute atomic E-state index is 0.0325. The number of aryl methyl sites for hydroxylation is 1. The monoisotopic (exact) mass is 373 g/mol. The van der Waals surface area contributed by atoms with Crippen LogP contribution in [0.15, 0.2) is 42.5 Å². The lowest BCUT2D eigenvalue weighted by Crippen LogP contribution is -2.25. The van der Waals surface area contributed by atoms with Gasteiger partial charge in [-0.05, 0) is 42.3 Å². The number of anilines is 2. The van der Waals surface area contributed by atoms with Crippen molar-refractivity contribution in [1.29, 1.82) is 0 Å². The van der Waals surface area contributed by atoms with Gasteiger partial charge in [0.1, 0.15) is 0 Å². The summed E-state index contributed by atoms with van der Waals surface area (Å²) in [6.07, 6.45) is 2.11. The lowest BCUT2D eigenvalue weighted by molar-refractivity contribution is -0.114. The van der Waals surface area contributed by atoms with Gasteiger partial charge >= 0.3 is 0 Å². The summed E-state index contributed by atoms with van der Waals surface area (Å²) < 4.78 is 0. The van der Waals surface area contributed by atoms with Gasteiger partial charge in [0.05, 0.1) is 12.1 Å². The van der Waals surface area contributed by atoms with Gasteiger partial charge in [-0.25, -0.2) is 0 Å². The van der Waals surface area contributed by atoms with Gasteiger partial charge in [0.2, 0.25) is 5.91 Å². The number of rotatable bonds is 7. The lowest BCUT2D eigenvalue weighted by atomic mass is 10.1. The van der Waals surface area contributed by atoms with E-state index in [4.69, 9.17) is 11.6 Å². The molecule has 0 heterocycles.